The highest BCUT2D eigenvalue weighted by Crippen LogP contribution is 2.32. The van der Waals surface area contributed by atoms with E-state index in [4.69, 9.17) is 23.2 Å². The molecule has 0 radical (unpaired) electrons. The van der Waals surface area contributed by atoms with Crippen molar-refractivity contribution in [3.63, 3.8) is 0 Å². The van der Waals surface area contributed by atoms with Crippen LogP contribution < -0.4 is 0 Å². The number of hydrogen-bond acceptors (Lipinski definition) is 4. The molecular weight excluding hydrogens is 495 g/mol. The maximum atomic E-state index is 12.3. The van der Waals surface area contributed by atoms with Gasteiger partial charge in [0, 0.05) is 54.6 Å². The van der Waals surface area contributed by atoms with Gasteiger partial charge in [0.15, 0.2) is 23.1 Å². The van der Waals surface area contributed by atoms with Gasteiger partial charge in [-0.15, -0.1) is 0 Å². The minimum Gasteiger partial charge on any atom is -0.289 e. The summed E-state index contributed by atoms with van der Waals surface area (Å²) >= 11 is 12.0. The summed E-state index contributed by atoms with van der Waals surface area (Å²) in [5.41, 5.74) is 5.13. The maximum Gasteiger partial charge on any atom is 0.194 e. The van der Waals surface area contributed by atoms with Crippen LogP contribution in [0, 0.1) is 13.8 Å². The van der Waals surface area contributed by atoms with Gasteiger partial charge in [0.1, 0.15) is 0 Å². The Balaban J connectivity index is 0.000000148. The van der Waals surface area contributed by atoms with E-state index >= 15 is 0 Å². The molecule has 4 nitrogen and oxygen atoms in total. The van der Waals surface area contributed by atoms with Gasteiger partial charge in [0.25, 0.3) is 0 Å². The molecule has 176 valence electrons. The van der Waals surface area contributed by atoms with Crippen LogP contribution in [0.4, 0.5) is 0 Å². The zero-order chi connectivity index (χ0) is 25.7. The number of aryl methyl sites for hydroxylation is 2. The third-order valence-corrected chi connectivity index (χ3v) is 7.22. The average molecular weight is 513 g/mol. The fraction of sp³-hybridized carbons (Fsp3) is 0.0667. The quantitative estimate of drug-likeness (QED) is 0.223. The predicted octanol–water partition coefficient (Wildman–Crippen LogP) is 6.85. The van der Waals surface area contributed by atoms with Gasteiger partial charge >= 0.3 is 0 Å². The second kappa shape index (κ2) is 8.98. The zero-order valence-electron chi connectivity index (χ0n) is 19.3. The number of halogens is 2. The summed E-state index contributed by atoms with van der Waals surface area (Å²) in [6.07, 6.45) is 0. The van der Waals surface area contributed by atoms with E-state index in [0.29, 0.717) is 54.6 Å². The van der Waals surface area contributed by atoms with Gasteiger partial charge in [-0.25, -0.2) is 0 Å². The van der Waals surface area contributed by atoms with Crippen molar-refractivity contribution in [1.29, 1.82) is 0 Å². The summed E-state index contributed by atoms with van der Waals surface area (Å²) < 4.78 is 0. The molecular formula is C30H18Cl2O4. The number of benzene rings is 4. The third-order valence-electron chi connectivity index (χ3n) is 6.41. The van der Waals surface area contributed by atoms with Crippen molar-refractivity contribution in [2.75, 3.05) is 0 Å². The molecule has 0 fully saturated rings. The summed E-state index contributed by atoms with van der Waals surface area (Å²) in [6.45, 7) is 3.64. The van der Waals surface area contributed by atoms with Gasteiger partial charge in [-0.1, -0.05) is 71.7 Å². The predicted molar refractivity (Wildman–Crippen MR) is 139 cm³/mol. The van der Waals surface area contributed by atoms with Crippen LogP contribution in [0.15, 0.2) is 72.8 Å². The minimum absolute atomic E-state index is 0.111. The van der Waals surface area contributed by atoms with E-state index < -0.39 is 0 Å². The lowest BCUT2D eigenvalue weighted by Gasteiger charge is -2.18. The van der Waals surface area contributed by atoms with Crippen molar-refractivity contribution in [1.82, 2.24) is 0 Å². The van der Waals surface area contributed by atoms with Crippen LogP contribution in [0.1, 0.15) is 74.8 Å². The van der Waals surface area contributed by atoms with Gasteiger partial charge in [0.05, 0.1) is 0 Å². The molecule has 6 rings (SSSR count). The first kappa shape index (κ1) is 23.9. The molecule has 0 heterocycles. The van der Waals surface area contributed by atoms with Crippen LogP contribution in [0.2, 0.25) is 10.0 Å². The van der Waals surface area contributed by atoms with E-state index in [2.05, 4.69) is 0 Å². The normalized spacial score (nSPS) is 13.2. The minimum atomic E-state index is -0.137. The van der Waals surface area contributed by atoms with Crippen molar-refractivity contribution in [3.05, 3.63) is 138 Å². The van der Waals surface area contributed by atoms with Crippen LogP contribution in [-0.2, 0) is 0 Å². The lowest BCUT2D eigenvalue weighted by Crippen LogP contribution is -2.20. The Hall–Kier alpha value is -3.86. The molecule has 0 saturated heterocycles. The Morgan fingerprint density at radius 1 is 0.417 bits per heavy atom. The van der Waals surface area contributed by atoms with Crippen LogP contribution in [-0.4, -0.2) is 23.1 Å². The van der Waals surface area contributed by atoms with E-state index in [1.165, 1.54) is 0 Å². The summed E-state index contributed by atoms with van der Waals surface area (Å²) in [5, 5.41) is 1.02. The lowest BCUT2D eigenvalue weighted by molar-refractivity contribution is 0.0979. The van der Waals surface area contributed by atoms with Crippen LogP contribution >= 0.6 is 23.2 Å². The van der Waals surface area contributed by atoms with Gasteiger partial charge < -0.3 is 0 Å². The molecule has 0 atom stereocenters. The first-order chi connectivity index (χ1) is 17.2. The Bertz CT molecular complexity index is 1410. The van der Waals surface area contributed by atoms with Gasteiger partial charge in [0.2, 0.25) is 0 Å². The number of ketones is 4. The van der Waals surface area contributed by atoms with E-state index in [-0.39, 0.29) is 23.1 Å². The first-order valence-electron chi connectivity index (χ1n) is 11.2. The highest BCUT2D eigenvalue weighted by atomic mass is 35.5. The molecule has 6 heteroatoms. The van der Waals surface area contributed by atoms with E-state index in [0.717, 1.165) is 11.1 Å². The Morgan fingerprint density at radius 3 is 0.944 bits per heavy atom. The van der Waals surface area contributed by atoms with E-state index in [1.54, 1.807) is 72.8 Å². The number of rotatable bonds is 0. The fourth-order valence-corrected chi connectivity index (χ4v) is 4.78. The van der Waals surface area contributed by atoms with Crippen molar-refractivity contribution in [3.8, 4) is 0 Å². The van der Waals surface area contributed by atoms with Gasteiger partial charge in [-0.2, -0.15) is 0 Å². The summed E-state index contributed by atoms with van der Waals surface area (Å²) in [5.74, 6) is -0.496. The topological polar surface area (TPSA) is 68.3 Å². The first-order valence-corrected chi connectivity index (χ1v) is 11.9. The standard InChI is InChI=1S/2C15H9ClO2/c2*1-8-6-11-12(7-13(8)16)15(18)10-5-3-2-4-9(10)14(11)17/h2*2-7H,1H3. The smallest absolute Gasteiger partial charge is 0.194 e. The lowest BCUT2D eigenvalue weighted by atomic mass is 9.83. The number of fused-ring (bicyclic) bond motifs is 4. The molecule has 0 aromatic heterocycles. The monoisotopic (exact) mass is 512 g/mol. The number of carbonyl (C=O) groups excluding carboxylic acids is 4. The molecule has 2 aliphatic carbocycles. The SMILES string of the molecule is Cc1cc2c(cc1Cl)C(=O)c1ccccc1C2=O.Cc1cc2c(cc1Cl)C(=O)c1ccccc1C2=O. The van der Waals surface area contributed by atoms with Crippen molar-refractivity contribution >= 4 is 46.3 Å². The molecule has 4 aromatic carbocycles. The van der Waals surface area contributed by atoms with Crippen molar-refractivity contribution in [2.45, 2.75) is 13.8 Å². The van der Waals surface area contributed by atoms with Crippen LogP contribution in [0.25, 0.3) is 0 Å². The van der Waals surface area contributed by atoms with E-state index in [9.17, 15) is 19.2 Å². The third kappa shape index (κ3) is 3.79. The average Bonchev–Trinajstić information content (AvgIpc) is 2.88. The van der Waals surface area contributed by atoms with Gasteiger partial charge in [-0.3, -0.25) is 19.2 Å². The van der Waals surface area contributed by atoms with Crippen molar-refractivity contribution in [2.24, 2.45) is 0 Å². The highest BCUT2D eigenvalue weighted by Gasteiger charge is 2.31. The second-order valence-corrected chi connectivity index (χ2v) is 9.52. The molecule has 0 amide bonds. The molecule has 0 spiro atoms. The molecule has 0 saturated carbocycles. The Kier molecular flexibility index (Phi) is 5.95. The molecule has 0 aliphatic heterocycles. The summed E-state index contributed by atoms with van der Waals surface area (Å²) in [6, 6.07) is 20.3. The second-order valence-electron chi connectivity index (χ2n) is 8.70. The zero-order valence-corrected chi connectivity index (χ0v) is 20.8. The van der Waals surface area contributed by atoms with Crippen LogP contribution in [0.3, 0.4) is 0 Å². The van der Waals surface area contributed by atoms with E-state index in [1.807, 2.05) is 13.8 Å². The maximum absolute atomic E-state index is 12.3. The number of hydrogen-bond donors (Lipinski definition) is 0. The largest absolute Gasteiger partial charge is 0.289 e. The highest BCUT2D eigenvalue weighted by molar-refractivity contribution is 6.35. The molecule has 0 bridgehead atoms. The fourth-order valence-electron chi connectivity index (χ4n) is 4.45. The Morgan fingerprint density at radius 2 is 0.667 bits per heavy atom. The van der Waals surface area contributed by atoms with Crippen LogP contribution in [0.5, 0.6) is 0 Å². The summed E-state index contributed by atoms with van der Waals surface area (Å²) in [4.78, 5) is 49.3. The molecule has 2 aliphatic rings. The number of carbonyl (C=O) groups is 4. The Labute approximate surface area is 217 Å². The van der Waals surface area contributed by atoms with Gasteiger partial charge in [-0.05, 0) is 49.2 Å². The molecule has 4 aromatic rings. The molecule has 0 unspecified atom stereocenters. The molecule has 0 N–H and O–H groups in total. The summed E-state index contributed by atoms with van der Waals surface area (Å²) in [7, 11) is 0. The van der Waals surface area contributed by atoms with Crippen molar-refractivity contribution < 1.29 is 19.2 Å². The molecule has 36 heavy (non-hydrogen) atoms.